The number of hydrogen-bond donors (Lipinski definition) is 1. The fourth-order valence-corrected chi connectivity index (χ4v) is 2.37. The van der Waals surface area contributed by atoms with Crippen LogP contribution in [0, 0.1) is 5.92 Å². The average molecular weight is 292 g/mol. The minimum Gasteiger partial charge on any atom is -0.444 e. The summed E-state index contributed by atoms with van der Waals surface area (Å²) in [5.41, 5.74) is -0.526. The molecular formula is C15H24N4O2. The third-order valence-electron chi connectivity index (χ3n) is 3.26. The van der Waals surface area contributed by atoms with E-state index in [-0.39, 0.29) is 0 Å². The predicted octanol–water partition coefficient (Wildman–Crippen LogP) is 3.06. The van der Waals surface area contributed by atoms with E-state index in [1.807, 2.05) is 26.8 Å². The van der Waals surface area contributed by atoms with Crippen molar-refractivity contribution in [1.29, 1.82) is 0 Å². The van der Waals surface area contributed by atoms with Crippen molar-refractivity contribution in [2.75, 3.05) is 23.3 Å². The molecule has 1 fully saturated rings. The van der Waals surface area contributed by atoms with E-state index in [1.165, 1.54) is 12.8 Å². The molecule has 2 heterocycles. The van der Waals surface area contributed by atoms with Gasteiger partial charge in [0.2, 0.25) is 0 Å². The number of carbonyl (C=O) groups is 1. The summed E-state index contributed by atoms with van der Waals surface area (Å²) in [4.78, 5) is 13.9. The van der Waals surface area contributed by atoms with E-state index in [0.717, 1.165) is 18.9 Å². The molecule has 1 atom stereocenters. The summed E-state index contributed by atoms with van der Waals surface area (Å²) in [5, 5.41) is 10.8. The first-order valence-electron chi connectivity index (χ1n) is 7.42. The van der Waals surface area contributed by atoms with Crippen molar-refractivity contribution in [3.8, 4) is 0 Å². The van der Waals surface area contributed by atoms with Crippen LogP contribution in [0.1, 0.15) is 40.5 Å². The summed E-state index contributed by atoms with van der Waals surface area (Å²) >= 11 is 0. The topological polar surface area (TPSA) is 67.4 Å². The molecule has 1 aliphatic rings. The lowest BCUT2D eigenvalue weighted by Gasteiger charge is -2.31. The van der Waals surface area contributed by atoms with Crippen LogP contribution in [0.5, 0.6) is 0 Å². The van der Waals surface area contributed by atoms with Crippen LogP contribution < -0.4 is 10.2 Å². The summed E-state index contributed by atoms with van der Waals surface area (Å²) in [7, 11) is 0. The third-order valence-corrected chi connectivity index (χ3v) is 3.26. The molecule has 116 valence electrons. The van der Waals surface area contributed by atoms with Crippen LogP contribution >= 0.6 is 0 Å². The van der Waals surface area contributed by atoms with E-state index >= 15 is 0 Å². The molecule has 6 heteroatoms. The number of ether oxygens (including phenoxy) is 1. The van der Waals surface area contributed by atoms with Gasteiger partial charge in [0.15, 0.2) is 11.6 Å². The highest BCUT2D eigenvalue weighted by Gasteiger charge is 2.19. The van der Waals surface area contributed by atoms with Crippen LogP contribution in [0.15, 0.2) is 12.1 Å². The minimum absolute atomic E-state index is 0.401. The van der Waals surface area contributed by atoms with E-state index in [4.69, 9.17) is 4.74 Å². The van der Waals surface area contributed by atoms with Gasteiger partial charge in [0.25, 0.3) is 0 Å². The molecule has 0 aliphatic carbocycles. The Balaban J connectivity index is 1.94. The molecule has 6 nitrogen and oxygen atoms in total. The number of rotatable bonds is 2. The number of amides is 1. The highest BCUT2D eigenvalue weighted by atomic mass is 16.6. The van der Waals surface area contributed by atoms with Gasteiger partial charge in [-0.3, -0.25) is 5.32 Å². The molecule has 0 spiro atoms. The molecule has 1 aromatic heterocycles. The highest BCUT2D eigenvalue weighted by molar-refractivity contribution is 5.83. The van der Waals surface area contributed by atoms with Crippen molar-refractivity contribution in [1.82, 2.24) is 10.2 Å². The van der Waals surface area contributed by atoms with Gasteiger partial charge in [-0.2, -0.15) is 0 Å². The Morgan fingerprint density at radius 1 is 1.38 bits per heavy atom. The zero-order valence-corrected chi connectivity index (χ0v) is 13.2. The Kier molecular flexibility index (Phi) is 4.65. The Hall–Kier alpha value is -1.85. The van der Waals surface area contributed by atoms with Crippen molar-refractivity contribution >= 4 is 17.7 Å². The number of carbonyl (C=O) groups excluding carboxylic acids is 1. The molecule has 0 bridgehead atoms. The first-order chi connectivity index (χ1) is 9.83. The van der Waals surface area contributed by atoms with Crippen molar-refractivity contribution in [2.45, 2.75) is 46.1 Å². The highest BCUT2D eigenvalue weighted by Crippen LogP contribution is 2.21. The lowest BCUT2D eigenvalue weighted by Crippen LogP contribution is -2.35. The number of nitrogens with zero attached hydrogens (tertiary/aromatic N) is 3. The predicted molar refractivity (Wildman–Crippen MR) is 82.5 cm³/mol. The number of anilines is 2. The smallest absolute Gasteiger partial charge is 0.413 e. The van der Waals surface area contributed by atoms with Crippen molar-refractivity contribution in [3.63, 3.8) is 0 Å². The molecule has 21 heavy (non-hydrogen) atoms. The Morgan fingerprint density at radius 3 is 2.71 bits per heavy atom. The fraction of sp³-hybridized carbons (Fsp3) is 0.667. The molecule has 2 rings (SSSR count). The molecule has 1 aromatic rings. The molecule has 1 saturated heterocycles. The molecule has 0 radical (unpaired) electrons. The molecule has 1 N–H and O–H groups in total. The normalized spacial score (nSPS) is 19.2. The molecular weight excluding hydrogens is 268 g/mol. The van der Waals surface area contributed by atoms with Crippen LogP contribution in [-0.4, -0.2) is 35.0 Å². The van der Waals surface area contributed by atoms with E-state index in [0.29, 0.717) is 11.7 Å². The Bertz CT molecular complexity index is 481. The first kappa shape index (κ1) is 15.5. The molecule has 0 saturated carbocycles. The third kappa shape index (κ3) is 4.88. The lowest BCUT2D eigenvalue weighted by molar-refractivity contribution is 0.0635. The van der Waals surface area contributed by atoms with Gasteiger partial charge in [-0.1, -0.05) is 6.92 Å². The molecule has 1 unspecified atom stereocenters. The van der Waals surface area contributed by atoms with E-state index in [9.17, 15) is 4.79 Å². The number of piperidine rings is 1. The Morgan fingerprint density at radius 2 is 2.14 bits per heavy atom. The summed E-state index contributed by atoms with van der Waals surface area (Å²) in [6, 6.07) is 3.64. The van der Waals surface area contributed by atoms with Crippen LogP contribution in [0.25, 0.3) is 0 Å². The summed E-state index contributed by atoms with van der Waals surface area (Å²) in [5.74, 6) is 1.94. The minimum atomic E-state index is -0.526. The van der Waals surface area contributed by atoms with Crippen molar-refractivity contribution in [2.24, 2.45) is 5.92 Å². The van der Waals surface area contributed by atoms with Gasteiger partial charge in [0.1, 0.15) is 5.60 Å². The lowest BCUT2D eigenvalue weighted by atomic mass is 10.0. The second-order valence-corrected chi connectivity index (χ2v) is 6.60. The maximum atomic E-state index is 11.6. The van der Waals surface area contributed by atoms with Gasteiger partial charge in [-0.05, 0) is 51.7 Å². The second kappa shape index (κ2) is 6.28. The standard InChI is InChI=1S/C15H24N4O2/c1-11-6-5-9-19(10-11)13-8-7-12(17-18-13)16-14(20)21-15(2,3)4/h7-8,11H,5-6,9-10H2,1-4H3,(H,16,17,20). The zero-order chi connectivity index (χ0) is 15.5. The fourth-order valence-electron chi connectivity index (χ4n) is 2.37. The number of nitrogens with one attached hydrogen (secondary N) is 1. The van der Waals surface area contributed by atoms with Gasteiger partial charge in [0.05, 0.1) is 0 Å². The van der Waals surface area contributed by atoms with Crippen molar-refractivity contribution in [3.05, 3.63) is 12.1 Å². The van der Waals surface area contributed by atoms with Crippen LogP contribution in [-0.2, 0) is 4.74 Å². The molecule has 1 aliphatic heterocycles. The summed E-state index contributed by atoms with van der Waals surface area (Å²) in [6.07, 6.45) is 1.93. The van der Waals surface area contributed by atoms with Crippen molar-refractivity contribution < 1.29 is 9.53 Å². The van der Waals surface area contributed by atoms with Gasteiger partial charge >= 0.3 is 6.09 Å². The maximum absolute atomic E-state index is 11.6. The maximum Gasteiger partial charge on any atom is 0.413 e. The van der Waals surface area contributed by atoms with Crippen LogP contribution in [0.3, 0.4) is 0 Å². The SMILES string of the molecule is CC1CCCN(c2ccc(NC(=O)OC(C)(C)C)nn2)C1. The summed E-state index contributed by atoms with van der Waals surface area (Å²) in [6.45, 7) is 9.72. The average Bonchev–Trinajstić information content (AvgIpc) is 2.37. The zero-order valence-electron chi connectivity index (χ0n) is 13.2. The van der Waals surface area contributed by atoms with E-state index < -0.39 is 11.7 Å². The van der Waals surface area contributed by atoms with Gasteiger partial charge in [0, 0.05) is 13.1 Å². The van der Waals surface area contributed by atoms with Crippen LogP contribution in [0.2, 0.25) is 0 Å². The molecule has 0 aromatic carbocycles. The van der Waals surface area contributed by atoms with Gasteiger partial charge in [-0.25, -0.2) is 4.79 Å². The first-order valence-corrected chi connectivity index (χ1v) is 7.42. The largest absolute Gasteiger partial charge is 0.444 e. The second-order valence-electron chi connectivity index (χ2n) is 6.60. The molecule has 1 amide bonds. The van der Waals surface area contributed by atoms with E-state index in [1.54, 1.807) is 6.07 Å². The monoisotopic (exact) mass is 292 g/mol. The quantitative estimate of drug-likeness (QED) is 0.907. The van der Waals surface area contributed by atoms with Crippen LogP contribution in [0.4, 0.5) is 16.4 Å². The number of hydrogen-bond acceptors (Lipinski definition) is 5. The Labute approximate surface area is 125 Å². The van der Waals surface area contributed by atoms with E-state index in [2.05, 4.69) is 27.3 Å². The number of aromatic nitrogens is 2. The van der Waals surface area contributed by atoms with Gasteiger partial charge < -0.3 is 9.64 Å². The summed E-state index contributed by atoms with van der Waals surface area (Å²) < 4.78 is 5.17. The van der Waals surface area contributed by atoms with Gasteiger partial charge in [-0.15, -0.1) is 10.2 Å².